The van der Waals surface area contributed by atoms with Gasteiger partial charge in [-0.3, -0.25) is 14.2 Å². The summed E-state index contributed by atoms with van der Waals surface area (Å²) < 4.78 is 3.94. The van der Waals surface area contributed by atoms with E-state index >= 15 is 0 Å². The Morgan fingerprint density at radius 1 is 1.12 bits per heavy atom. The topological polar surface area (TPSA) is 90.0 Å². The van der Waals surface area contributed by atoms with Gasteiger partial charge < -0.3 is 9.88 Å². The van der Waals surface area contributed by atoms with E-state index in [-0.39, 0.29) is 5.91 Å². The van der Waals surface area contributed by atoms with E-state index in [1.807, 2.05) is 66.4 Å². The third-order valence-corrected chi connectivity index (χ3v) is 5.94. The average Bonchev–Trinajstić information content (AvgIpc) is 3.45. The summed E-state index contributed by atoms with van der Waals surface area (Å²) in [6.07, 6.45) is 5.52. The number of pyridine rings is 2. The van der Waals surface area contributed by atoms with E-state index in [1.165, 1.54) is 0 Å². The molecule has 0 unspecified atom stereocenters. The summed E-state index contributed by atoms with van der Waals surface area (Å²) in [5.74, 6) is 1.20. The Morgan fingerprint density at radius 2 is 2.00 bits per heavy atom. The zero-order valence-corrected chi connectivity index (χ0v) is 18.7. The van der Waals surface area contributed by atoms with Gasteiger partial charge in [0.15, 0.2) is 11.5 Å². The number of imidazole rings is 2. The molecule has 0 aliphatic carbocycles. The quantitative estimate of drug-likeness (QED) is 0.438. The second kappa shape index (κ2) is 8.01. The number of nitrogens with zero attached hydrogens (tertiary/aromatic N) is 6. The Hall–Kier alpha value is -3.85. The van der Waals surface area contributed by atoms with E-state index in [9.17, 15) is 4.79 Å². The molecule has 9 heteroatoms. The van der Waals surface area contributed by atoms with E-state index in [0.717, 1.165) is 22.2 Å². The van der Waals surface area contributed by atoms with Crippen molar-refractivity contribution in [3.05, 3.63) is 82.2 Å². The molecule has 5 rings (SSSR count). The summed E-state index contributed by atoms with van der Waals surface area (Å²) in [7, 11) is 0. The lowest BCUT2D eigenvalue weighted by atomic mass is 10.3. The fourth-order valence-electron chi connectivity index (χ4n) is 3.63. The fourth-order valence-corrected chi connectivity index (χ4v) is 4.23. The highest BCUT2D eigenvalue weighted by Gasteiger charge is 2.20. The molecule has 5 aromatic heterocycles. The number of thiazole rings is 1. The summed E-state index contributed by atoms with van der Waals surface area (Å²) in [5.41, 5.74) is 4.27. The predicted molar refractivity (Wildman–Crippen MR) is 124 cm³/mol. The smallest absolute Gasteiger partial charge is 0.276 e. The number of aryl methyl sites for hydroxylation is 3. The third kappa shape index (κ3) is 3.78. The van der Waals surface area contributed by atoms with Crippen LogP contribution in [0.5, 0.6) is 0 Å². The van der Waals surface area contributed by atoms with Crippen molar-refractivity contribution in [1.82, 2.24) is 28.9 Å². The summed E-state index contributed by atoms with van der Waals surface area (Å²) in [5, 5.41) is 6.02. The predicted octanol–water partition coefficient (Wildman–Crippen LogP) is 4.28. The zero-order chi connectivity index (χ0) is 22.2. The molecular formula is C23H21N7OS. The lowest BCUT2D eigenvalue weighted by Gasteiger charge is -2.04. The molecule has 8 nitrogen and oxygen atoms in total. The van der Waals surface area contributed by atoms with Crippen molar-refractivity contribution in [2.45, 2.75) is 27.3 Å². The number of amides is 1. The van der Waals surface area contributed by atoms with Gasteiger partial charge in [0.05, 0.1) is 22.8 Å². The summed E-state index contributed by atoms with van der Waals surface area (Å²) in [6, 6.07) is 9.26. The molecule has 0 aliphatic rings. The van der Waals surface area contributed by atoms with Crippen molar-refractivity contribution in [1.29, 1.82) is 0 Å². The number of nitrogens with one attached hydrogen (secondary N) is 1. The number of hydrogen-bond acceptors (Lipinski definition) is 6. The largest absolute Gasteiger partial charge is 0.328 e. The molecule has 0 radical (unpaired) electrons. The van der Waals surface area contributed by atoms with Crippen molar-refractivity contribution < 1.29 is 4.79 Å². The Balaban J connectivity index is 1.51. The Bertz CT molecular complexity index is 1450. The van der Waals surface area contributed by atoms with Gasteiger partial charge in [-0.25, -0.2) is 15.0 Å². The third-order valence-electron chi connectivity index (χ3n) is 5.12. The van der Waals surface area contributed by atoms with E-state index < -0.39 is 0 Å². The van der Waals surface area contributed by atoms with E-state index in [2.05, 4.69) is 25.6 Å². The number of carbonyl (C=O) groups is 1. The molecule has 0 aliphatic heterocycles. The van der Waals surface area contributed by atoms with Gasteiger partial charge in [-0.2, -0.15) is 0 Å². The van der Waals surface area contributed by atoms with Gasteiger partial charge in [0.2, 0.25) is 0 Å². The van der Waals surface area contributed by atoms with Gasteiger partial charge >= 0.3 is 0 Å². The van der Waals surface area contributed by atoms with Gasteiger partial charge in [0.1, 0.15) is 11.5 Å². The minimum Gasteiger partial charge on any atom is -0.328 e. The molecule has 0 spiro atoms. The lowest BCUT2D eigenvalue weighted by molar-refractivity contribution is 0.102. The van der Waals surface area contributed by atoms with Gasteiger partial charge in [-0.1, -0.05) is 6.07 Å². The van der Waals surface area contributed by atoms with Crippen LogP contribution in [0, 0.1) is 20.8 Å². The number of aromatic nitrogens is 6. The molecule has 0 atom stereocenters. The monoisotopic (exact) mass is 443 g/mol. The van der Waals surface area contributed by atoms with Crippen molar-refractivity contribution in [2.24, 2.45) is 0 Å². The van der Waals surface area contributed by atoms with Crippen LogP contribution in [0.1, 0.15) is 32.7 Å². The molecule has 0 saturated heterocycles. The molecule has 5 heterocycles. The van der Waals surface area contributed by atoms with Gasteiger partial charge in [-0.05, 0) is 45.0 Å². The van der Waals surface area contributed by atoms with Crippen LogP contribution < -0.4 is 5.32 Å². The first kappa shape index (κ1) is 20.1. The van der Waals surface area contributed by atoms with Crippen molar-refractivity contribution in [3.63, 3.8) is 0 Å². The second-order valence-electron chi connectivity index (χ2n) is 7.54. The van der Waals surface area contributed by atoms with Gasteiger partial charge in [-0.15, -0.1) is 11.3 Å². The van der Waals surface area contributed by atoms with E-state index in [1.54, 1.807) is 23.6 Å². The first-order chi connectivity index (χ1) is 15.5. The van der Waals surface area contributed by atoms with Crippen LogP contribution in [0.2, 0.25) is 0 Å². The highest BCUT2D eigenvalue weighted by atomic mass is 32.1. The van der Waals surface area contributed by atoms with Crippen LogP contribution in [0.3, 0.4) is 0 Å². The molecule has 0 saturated carbocycles. The number of rotatable bonds is 5. The summed E-state index contributed by atoms with van der Waals surface area (Å²) >= 11 is 1.63. The molecule has 32 heavy (non-hydrogen) atoms. The SMILES string of the molecule is Cc1cc(NC(=O)c2nc(-c3cn(Cc4csc(C)n4)c(C)n3)n3ccccc23)ccn1. The highest BCUT2D eigenvalue weighted by molar-refractivity contribution is 7.09. The standard InChI is InChI=1S/C23H21N7OS/c1-14-10-17(7-8-24-14)27-23(31)21-20-6-4-5-9-30(20)22(28-21)19-12-29(15(2)25-19)11-18-13-32-16(3)26-18/h4-10,12-13H,11H2,1-3H3,(H,24,27,31). The maximum Gasteiger partial charge on any atom is 0.276 e. The summed E-state index contributed by atoms with van der Waals surface area (Å²) in [4.78, 5) is 31.2. The number of fused-ring (bicyclic) bond motifs is 1. The Kier molecular flexibility index (Phi) is 5.02. The van der Waals surface area contributed by atoms with E-state index in [0.29, 0.717) is 35.0 Å². The second-order valence-corrected chi connectivity index (χ2v) is 8.60. The van der Waals surface area contributed by atoms with Crippen LogP contribution in [-0.4, -0.2) is 34.8 Å². The minimum atomic E-state index is -0.278. The average molecular weight is 444 g/mol. The Labute approximate surface area is 188 Å². The van der Waals surface area contributed by atoms with E-state index in [4.69, 9.17) is 4.98 Å². The maximum absolute atomic E-state index is 13.1. The molecule has 0 fully saturated rings. The summed E-state index contributed by atoms with van der Waals surface area (Å²) in [6.45, 7) is 6.47. The first-order valence-electron chi connectivity index (χ1n) is 10.1. The molecule has 160 valence electrons. The van der Waals surface area contributed by atoms with Crippen molar-refractivity contribution in [3.8, 4) is 11.5 Å². The van der Waals surface area contributed by atoms with Crippen LogP contribution in [0.25, 0.3) is 17.0 Å². The molecule has 1 N–H and O–H groups in total. The molecule has 0 aromatic carbocycles. The fraction of sp³-hybridized carbons (Fsp3) is 0.174. The van der Waals surface area contributed by atoms with Crippen LogP contribution in [0.4, 0.5) is 5.69 Å². The first-order valence-corrected chi connectivity index (χ1v) is 11.0. The highest BCUT2D eigenvalue weighted by Crippen LogP contribution is 2.24. The normalized spacial score (nSPS) is 11.2. The molecule has 0 bridgehead atoms. The van der Waals surface area contributed by atoms with Crippen LogP contribution in [-0.2, 0) is 6.54 Å². The number of carbonyl (C=O) groups excluding carboxylic acids is 1. The molecular weight excluding hydrogens is 422 g/mol. The Morgan fingerprint density at radius 3 is 2.78 bits per heavy atom. The number of anilines is 1. The van der Waals surface area contributed by atoms with Crippen LogP contribution >= 0.6 is 11.3 Å². The van der Waals surface area contributed by atoms with Crippen molar-refractivity contribution in [2.75, 3.05) is 5.32 Å². The van der Waals surface area contributed by atoms with Gasteiger partial charge in [0, 0.05) is 35.4 Å². The minimum absolute atomic E-state index is 0.278. The molecule has 1 amide bonds. The number of hydrogen-bond donors (Lipinski definition) is 1. The van der Waals surface area contributed by atoms with Crippen molar-refractivity contribution >= 4 is 28.4 Å². The van der Waals surface area contributed by atoms with Gasteiger partial charge in [0.25, 0.3) is 5.91 Å². The van der Waals surface area contributed by atoms with Crippen LogP contribution in [0.15, 0.2) is 54.3 Å². The maximum atomic E-state index is 13.1. The zero-order valence-electron chi connectivity index (χ0n) is 17.9. The molecule has 5 aromatic rings. The lowest BCUT2D eigenvalue weighted by Crippen LogP contribution is -2.13.